The maximum Gasteiger partial charge on any atom is 0.145 e. The highest BCUT2D eigenvalue weighted by molar-refractivity contribution is 5.37. The van der Waals surface area contributed by atoms with Gasteiger partial charge in [0.1, 0.15) is 17.7 Å². The van der Waals surface area contributed by atoms with Crippen molar-refractivity contribution in [3.8, 4) is 5.75 Å². The molecule has 0 aromatic heterocycles. The number of rotatable bonds is 3. The number of ether oxygens (including phenoxy) is 2. The normalized spacial score (nSPS) is 21.6. The van der Waals surface area contributed by atoms with Gasteiger partial charge < -0.3 is 14.8 Å². The Bertz CT molecular complexity index is 414. The summed E-state index contributed by atoms with van der Waals surface area (Å²) in [7, 11) is 0. The van der Waals surface area contributed by atoms with E-state index in [9.17, 15) is 4.39 Å². The molecule has 1 aromatic carbocycles. The second-order valence-electron chi connectivity index (χ2n) is 4.98. The maximum atomic E-state index is 13.4. The predicted octanol–water partition coefficient (Wildman–Crippen LogP) is 2.07. The fourth-order valence-electron chi connectivity index (χ4n) is 2.54. The first-order valence-electron chi connectivity index (χ1n) is 6.57. The van der Waals surface area contributed by atoms with Gasteiger partial charge >= 0.3 is 0 Å². The lowest BCUT2D eigenvalue weighted by Crippen LogP contribution is -2.39. The van der Waals surface area contributed by atoms with Crippen molar-refractivity contribution >= 4 is 0 Å². The highest BCUT2D eigenvalue weighted by Crippen LogP contribution is 2.34. The minimum atomic E-state index is -0.233. The van der Waals surface area contributed by atoms with Crippen molar-refractivity contribution in [3.05, 3.63) is 29.6 Å². The van der Waals surface area contributed by atoms with Gasteiger partial charge in [-0.3, -0.25) is 0 Å². The third kappa shape index (κ3) is 2.49. The molecular formula is C14H18FNO2. The molecule has 0 spiro atoms. The average Bonchev–Trinajstić information content (AvgIpc) is 2.35. The summed E-state index contributed by atoms with van der Waals surface area (Å²) in [5.74, 6) is 0.945. The van der Waals surface area contributed by atoms with Crippen molar-refractivity contribution in [2.75, 3.05) is 26.3 Å². The van der Waals surface area contributed by atoms with Crippen LogP contribution in [0.3, 0.4) is 0 Å². The van der Waals surface area contributed by atoms with Gasteiger partial charge in [0, 0.05) is 6.07 Å². The minimum Gasteiger partial charge on any atom is -0.485 e. The number of nitrogens with one attached hydrogen (secondary N) is 1. The molecule has 1 aromatic rings. The third-order valence-corrected chi connectivity index (χ3v) is 3.66. The summed E-state index contributed by atoms with van der Waals surface area (Å²) >= 11 is 0. The van der Waals surface area contributed by atoms with E-state index in [4.69, 9.17) is 9.47 Å². The van der Waals surface area contributed by atoms with Crippen LogP contribution in [0, 0.1) is 5.82 Å². The van der Waals surface area contributed by atoms with Gasteiger partial charge in [-0.1, -0.05) is 6.07 Å². The van der Waals surface area contributed by atoms with Gasteiger partial charge in [-0.05, 0) is 43.5 Å². The molecule has 98 valence electrons. The van der Waals surface area contributed by atoms with Gasteiger partial charge in [-0.15, -0.1) is 0 Å². The smallest absolute Gasteiger partial charge is 0.145 e. The van der Waals surface area contributed by atoms with Crippen LogP contribution in [0.1, 0.15) is 24.3 Å². The quantitative estimate of drug-likeness (QED) is 0.892. The van der Waals surface area contributed by atoms with E-state index in [0.717, 1.165) is 31.5 Å². The lowest BCUT2D eigenvalue weighted by atomic mass is 9.89. The van der Waals surface area contributed by atoms with Crippen molar-refractivity contribution in [3.63, 3.8) is 0 Å². The van der Waals surface area contributed by atoms with E-state index in [-0.39, 0.29) is 11.9 Å². The largest absolute Gasteiger partial charge is 0.485 e. The number of benzene rings is 1. The van der Waals surface area contributed by atoms with E-state index in [1.165, 1.54) is 12.1 Å². The van der Waals surface area contributed by atoms with Gasteiger partial charge in [-0.25, -0.2) is 4.39 Å². The van der Waals surface area contributed by atoms with Gasteiger partial charge in [0.2, 0.25) is 0 Å². The fraction of sp³-hybridized carbons (Fsp3) is 0.571. The monoisotopic (exact) mass is 251 g/mol. The molecule has 0 amide bonds. The van der Waals surface area contributed by atoms with Crippen LogP contribution in [0.25, 0.3) is 0 Å². The van der Waals surface area contributed by atoms with Crippen molar-refractivity contribution in [1.82, 2.24) is 5.32 Å². The zero-order valence-corrected chi connectivity index (χ0v) is 10.3. The molecule has 3 rings (SSSR count). The zero-order chi connectivity index (χ0) is 12.4. The number of hydrogen-bond donors (Lipinski definition) is 1. The topological polar surface area (TPSA) is 30.5 Å². The minimum absolute atomic E-state index is 0.0901. The summed E-state index contributed by atoms with van der Waals surface area (Å²) in [6.07, 6.45) is 2.26. The molecule has 2 aliphatic heterocycles. The summed E-state index contributed by atoms with van der Waals surface area (Å²) in [6.45, 7) is 3.27. The third-order valence-electron chi connectivity index (χ3n) is 3.66. The predicted molar refractivity (Wildman–Crippen MR) is 66.5 cm³/mol. The van der Waals surface area contributed by atoms with E-state index in [1.54, 1.807) is 0 Å². The maximum absolute atomic E-state index is 13.4. The Kier molecular flexibility index (Phi) is 3.48. The van der Waals surface area contributed by atoms with Crippen molar-refractivity contribution in [1.29, 1.82) is 0 Å². The summed E-state index contributed by atoms with van der Waals surface area (Å²) < 4.78 is 24.3. The number of halogens is 1. The Morgan fingerprint density at radius 1 is 1.22 bits per heavy atom. The van der Waals surface area contributed by atoms with Crippen molar-refractivity contribution in [2.45, 2.75) is 24.9 Å². The van der Waals surface area contributed by atoms with Gasteiger partial charge in [0.25, 0.3) is 0 Å². The molecule has 2 fully saturated rings. The van der Waals surface area contributed by atoms with E-state index < -0.39 is 0 Å². The van der Waals surface area contributed by atoms with Crippen LogP contribution in [0.15, 0.2) is 18.2 Å². The van der Waals surface area contributed by atoms with Crippen molar-refractivity contribution < 1.29 is 13.9 Å². The summed E-state index contributed by atoms with van der Waals surface area (Å²) in [4.78, 5) is 0. The molecule has 1 N–H and O–H groups in total. The first-order chi connectivity index (χ1) is 8.83. The molecule has 0 atom stereocenters. The van der Waals surface area contributed by atoms with Crippen LogP contribution in [0.5, 0.6) is 5.75 Å². The van der Waals surface area contributed by atoms with Crippen molar-refractivity contribution in [2.24, 2.45) is 0 Å². The molecule has 0 radical (unpaired) electrons. The molecule has 2 heterocycles. The Labute approximate surface area is 106 Å². The molecule has 0 saturated carbocycles. The number of piperidine rings is 1. The van der Waals surface area contributed by atoms with E-state index in [2.05, 4.69) is 5.32 Å². The Morgan fingerprint density at radius 2 is 2.00 bits per heavy atom. The Hall–Kier alpha value is -1.13. The first kappa shape index (κ1) is 11.9. The SMILES string of the molecule is Fc1ccc(C2CCNCC2)c(OC2COC2)c1. The Morgan fingerprint density at radius 3 is 2.67 bits per heavy atom. The molecule has 2 aliphatic rings. The van der Waals surface area contributed by atoms with Crippen LogP contribution in [0.4, 0.5) is 4.39 Å². The van der Waals surface area contributed by atoms with Crippen LogP contribution >= 0.6 is 0 Å². The first-order valence-corrected chi connectivity index (χ1v) is 6.57. The van der Waals surface area contributed by atoms with Crippen LogP contribution < -0.4 is 10.1 Å². The standard InChI is InChI=1S/C14H18FNO2/c15-11-1-2-13(10-3-5-16-6-4-10)14(7-11)18-12-8-17-9-12/h1-2,7,10,12,16H,3-6,8-9H2. The van der Waals surface area contributed by atoms with Crippen LogP contribution in [-0.2, 0) is 4.74 Å². The molecule has 18 heavy (non-hydrogen) atoms. The summed E-state index contributed by atoms with van der Waals surface area (Å²) in [5.41, 5.74) is 1.14. The van der Waals surface area contributed by atoms with E-state index >= 15 is 0 Å². The Balaban J connectivity index is 1.81. The lowest BCUT2D eigenvalue weighted by Gasteiger charge is -2.30. The zero-order valence-electron chi connectivity index (χ0n) is 10.3. The van der Waals surface area contributed by atoms with E-state index in [1.807, 2.05) is 6.07 Å². The van der Waals surface area contributed by atoms with Gasteiger partial charge in [0.15, 0.2) is 0 Å². The van der Waals surface area contributed by atoms with Crippen LogP contribution in [0.2, 0.25) is 0 Å². The van der Waals surface area contributed by atoms with Crippen LogP contribution in [-0.4, -0.2) is 32.4 Å². The molecular weight excluding hydrogens is 233 g/mol. The average molecular weight is 251 g/mol. The summed E-state index contributed by atoms with van der Waals surface area (Å²) in [5, 5.41) is 3.34. The molecule has 2 saturated heterocycles. The van der Waals surface area contributed by atoms with Gasteiger partial charge in [-0.2, -0.15) is 0 Å². The molecule has 0 bridgehead atoms. The highest BCUT2D eigenvalue weighted by atomic mass is 19.1. The highest BCUT2D eigenvalue weighted by Gasteiger charge is 2.24. The molecule has 0 unspecified atom stereocenters. The summed E-state index contributed by atoms with van der Waals surface area (Å²) in [6, 6.07) is 4.91. The second kappa shape index (κ2) is 5.24. The van der Waals surface area contributed by atoms with E-state index in [0.29, 0.717) is 24.9 Å². The molecule has 0 aliphatic carbocycles. The number of hydrogen-bond acceptors (Lipinski definition) is 3. The molecule has 4 heteroatoms. The lowest BCUT2D eigenvalue weighted by molar-refractivity contribution is -0.0802. The van der Waals surface area contributed by atoms with Gasteiger partial charge in [0.05, 0.1) is 13.2 Å². The second-order valence-corrected chi connectivity index (χ2v) is 4.98. The fourth-order valence-corrected chi connectivity index (χ4v) is 2.54. The molecule has 3 nitrogen and oxygen atoms in total.